The highest BCUT2D eigenvalue weighted by Gasteiger charge is 2.42. The van der Waals surface area contributed by atoms with Gasteiger partial charge in [0.25, 0.3) is 5.91 Å². The van der Waals surface area contributed by atoms with Gasteiger partial charge in [0.05, 0.1) is 0 Å². The van der Waals surface area contributed by atoms with Gasteiger partial charge in [-0.05, 0) is 56.0 Å². The second-order valence-corrected chi connectivity index (χ2v) is 8.38. The fraction of sp³-hybridized carbons (Fsp3) is 0.364. The summed E-state index contributed by atoms with van der Waals surface area (Å²) in [5.41, 5.74) is 3.98. The maximum absolute atomic E-state index is 13.0. The standard InChI is InChI=1S/C22H22Cl2N2O3/c1-11-6-12(2)19(13(3)7-11)20-17(27)8-14(21(20)28)4-5-25-22(29)16-9-15(23)10-18(24)26-16/h6-7,9-10,14,20H,4-5,8H2,1-3H3,(H,25,29). The normalized spacial score (nSPS) is 18.9. The third-order valence-electron chi connectivity index (χ3n) is 5.25. The molecular formula is C22H22Cl2N2O3. The van der Waals surface area contributed by atoms with E-state index in [9.17, 15) is 14.4 Å². The van der Waals surface area contributed by atoms with E-state index in [2.05, 4.69) is 10.3 Å². The van der Waals surface area contributed by atoms with Crippen LogP contribution in [-0.2, 0) is 9.59 Å². The zero-order chi connectivity index (χ0) is 21.3. The van der Waals surface area contributed by atoms with E-state index in [1.54, 1.807) is 0 Å². The first-order chi connectivity index (χ1) is 13.7. The summed E-state index contributed by atoms with van der Waals surface area (Å²) in [4.78, 5) is 41.8. The molecular weight excluding hydrogens is 411 g/mol. The molecule has 5 nitrogen and oxygen atoms in total. The number of aromatic nitrogens is 1. The Labute approximate surface area is 179 Å². The minimum absolute atomic E-state index is 0.0512. The molecule has 0 bridgehead atoms. The first-order valence-corrected chi connectivity index (χ1v) is 10.2. The average molecular weight is 433 g/mol. The van der Waals surface area contributed by atoms with Gasteiger partial charge in [0.1, 0.15) is 22.5 Å². The van der Waals surface area contributed by atoms with Crippen LogP contribution in [0.15, 0.2) is 24.3 Å². The number of hydrogen-bond donors (Lipinski definition) is 1. The Morgan fingerprint density at radius 1 is 1.10 bits per heavy atom. The zero-order valence-corrected chi connectivity index (χ0v) is 18.0. The van der Waals surface area contributed by atoms with Gasteiger partial charge in [-0.2, -0.15) is 0 Å². The van der Waals surface area contributed by atoms with E-state index in [0.717, 1.165) is 22.3 Å². The van der Waals surface area contributed by atoms with Crippen molar-refractivity contribution in [2.24, 2.45) is 5.92 Å². The van der Waals surface area contributed by atoms with Crippen molar-refractivity contribution in [1.82, 2.24) is 10.3 Å². The molecule has 29 heavy (non-hydrogen) atoms. The van der Waals surface area contributed by atoms with E-state index in [1.165, 1.54) is 12.1 Å². The Morgan fingerprint density at radius 2 is 1.76 bits per heavy atom. The minimum Gasteiger partial charge on any atom is -0.351 e. The summed E-state index contributed by atoms with van der Waals surface area (Å²) in [6, 6.07) is 6.86. The third kappa shape index (κ3) is 4.68. The number of benzene rings is 1. The van der Waals surface area contributed by atoms with Crippen LogP contribution >= 0.6 is 23.2 Å². The van der Waals surface area contributed by atoms with Gasteiger partial charge >= 0.3 is 0 Å². The summed E-state index contributed by atoms with van der Waals surface area (Å²) in [5, 5.41) is 3.17. The van der Waals surface area contributed by atoms with E-state index in [1.807, 2.05) is 32.9 Å². The molecule has 1 heterocycles. The summed E-state index contributed by atoms with van der Waals surface area (Å²) < 4.78 is 0. The third-order valence-corrected chi connectivity index (χ3v) is 5.66. The quantitative estimate of drug-likeness (QED) is 0.561. The maximum atomic E-state index is 13.0. The highest BCUT2D eigenvalue weighted by Crippen LogP contribution is 2.37. The molecule has 2 aromatic rings. The van der Waals surface area contributed by atoms with Gasteiger partial charge < -0.3 is 5.32 Å². The summed E-state index contributed by atoms with van der Waals surface area (Å²) in [6.07, 6.45) is 0.596. The van der Waals surface area contributed by atoms with Gasteiger partial charge in [0, 0.05) is 23.9 Å². The van der Waals surface area contributed by atoms with Crippen LogP contribution in [0.2, 0.25) is 10.2 Å². The van der Waals surface area contributed by atoms with Crippen molar-refractivity contribution in [1.29, 1.82) is 0 Å². The van der Waals surface area contributed by atoms with Crippen molar-refractivity contribution in [2.75, 3.05) is 6.54 Å². The zero-order valence-electron chi connectivity index (χ0n) is 16.5. The lowest BCUT2D eigenvalue weighted by atomic mass is 9.86. The predicted molar refractivity (Wildman–Crippen MR) is 113 cm³/mol. The molecule has 1 aromatic heterocycles. The largest absolute Gasteiger partial charge is 0.351 e. The van der Waals surface area contributed by atoms with Crippen LogP contribution in [-0.4, -0.2) is 29.0 Å². The average Bonchev–Trinajstić information content (AvgIpc) is 2.88. The smallest absolute Gasteiger partial charge is 0.269 e. The molecule has 152 valence electrons. The summed E-state index contributed by atoms with van der Waals surface area (Å²) in [5.74, 6) is -1.64. The number of carbonyl (C=O) groups excluding carboxylic acids is 3. The summed E-state index contributed by atoms with van der Waals surface area (Å²) in [6.45, 7) is 6.13. The van der Waals surface area contributed by atoms with E-state index in [4.69, 9.17) is 23.2 Å². The Kier molecular flexibility index (Phi) is 6.39. The van der Waals surface area contributed by atoms with Crippen LogP contribution in [0.1, 0.15) is 51.5 Å². The highest BCUT2D eigenvalue weighted by molar-refractivity contribution is 6.34. The minimum atomic E-state index is -0.704. The Balaban J connectivity index is 1.66. The van der Waals surface area contributed by atoms with Crippen LogP contribution < -0.4 is 5.32 Å². The van der Waals surface area contributed by atoms with E-state index < -0.39 is 17.7 Å². The summed E-state index contributed by atoms with van der Waals surface area (Å²) in [7, 11) is 0. The topological polar surface area (TPSA) is 76.1 Å². The van der Waals surface area contributed by atoms with Gasteiger partial charge in [-0.15, -0.1) is 0 Å². The number of pyridine rings is 1. The van der Waals surface area contributed by atoms with E-state index >= 15 is 0 Å². The number of amides is 1. The lowest BCUT2D eigenvalue weighted by Crippen LogP contribution is -2.28. The molecule has 1 amide bonds. The van der Waals surface area contributed by atoms with Crippen molar-refractivity contribution in [3.63, 3.8) is 0 Å². The lowest BCUT2D eigenvalue weighted by molar-refractivity contribution is -0.124. The van der Waals surface area contributed by atoms with E-state index in [-0.39, 0.29) is 35.4 Å². The van der Waals surface area contributed by atoms with Crippen molar-refractivity contribution in [3.05, 3.63) is 62.4 Å². The number of aryl methyl sites for hydroxylation is 3. The van der Waals surface area contributed by atoms with Crippen LogP contribution in [0.5, 0.6) is 0 Å². The number of ketones is 2. The number of Topliss-reactive ketones (excluding diaryl/α,β-unsaturated/α-hetero) is 2. The van der Waals surface area contributed by atoms with Crippen molar-refractivity contribution in [3.8, 4) is 0 Å². The molecule has 2 atom stereocenters. The first kappa shape index (κ1) is 21.5. The fourth-order valence-corrected chi connectivity index (χ4v) is 4.55. The molecule has 7 heteroatoms. The van der Waals surface area contributed by atoms with Crippen molar-refractivity contribution >= 4 is 40.7 Å². The van der Waals surface area contributed by atoms with Gasteiger partial charge in [-0.1, -0.05) is 40.9 Å². The molecule has 1 aliphatic rings. The van der Waals surface area contributed by atoms with Gasteiger partial charge in [0.2, 0.25) is 0 Å². The molecule has 0 saturated heterocycles. The maximum Gasteiger partial charge on any atom is 0.269 e. The first-order valence-electron chi connectivity index (χ1n) is 9.43. The number of nitrogens with zero attached hydrogens (tertiary/aromatic N) is 1. The molecule has 1 aliphatic carbocycles. The monoisotopic (exact) mass is 432 g/mol. The number of halogens is 2. The molecule has 1 N–H and O–H groups in total. The molecule has 0 aliphatic heterocycles. The number of hydrogen-bond acceptors (Lipinski definition) is 4. The molecule has 0 spiro atoms. The molecule has 1 fully saturated rings. The second kappa shape index (κ2) is 8.64. The highest BCUT2D eigenvalue weighted by atomic mass is 35.5. The van der Waals surface area contributed by atoms with Crippen LogP contribution in [0.25, 0.3) is 0 Å². The molecule has 1 saturated carbocycles. The number of rotatable bonds is 5. The molecule has 1 aromatic carbocycles. The molecule has 0 radical (unpaired) electrons. The Hall–Kier alpha value is -2.24. The molecule has 3 rings (SSSR count). The number of nitrogens with one attached hydrogen (secondary N) is 1. The Bertz CT molecular complexity index is 960. The second-order valence-electron chi connectivity index (χ2n) is 7.55. The number of carbonyl (C=O) groups is 3. The van der Waals surface area contributed by atoms with Crippen LogP contribution in [0.4, 0.5) is 0 Å². The lowest BCUT2D eigenvalue weighted by Gasteiger charge is -2.16. The predicted octanol–water partition coefficient (Wildman–Crippen LogP) is 4.38. The van der Waals surface area contributed by atoms with Gasteiger partial charge in [-0.25, -0.2) is 4.98 Å². The summed E-state index contributed by atoms with van der Waals surface area (Å²) >= 11 is 11.7. The van der Waals surface area contributed by atoms with Gasteiger partial charge in [0.15, 0.2) is 5.78 Å². The van der Waals surface area contributed by atoms with E-state index in [0.29, 0.717) is 11.4 Å². The van der Waals surface area contributed by atoms with Gasteiger partial charge in [-0.3, -0.25) is 14.4 Å². The molecule has 2 unspecified atom stereocenters. The van der Waals surface area contributed by atoms with Crippen molar-refractivity contribution in [2.45, 2.75) is 39.5 Å². The SMILES string of the molecule is Cc1cc(C)c(C2C(=O)CC(CCNC(=O)c3cc(Cl)cc(Cl)n3)C2=O)c(C)c1. The van der Waals surface area contributed by atoms with Crippen LogP contribution in [0, 0.1) is 26.7 Å². The van der Waals surface area contributed by atoms with Crippen LogP contribution in [0.3, 0.4) is 0 Å². The van der Waals surface area contributed by atoms with Crippen molar-refractivity contribution < 1.29 is 14.4 Å². The Morgan fingerprint density at radius 3 is 2.38 bits per heavy atom. The fourth-order valence-electron chi connectivity index (χ4n) is 4.08.